The standard InChI is InChI=1S/C15H14N4O2S/c1-9-4-3-5-10(6-9)22-11-7-12-13(16-8-11)18-14(17-12)19-15(20)21-2/h3-8H,1-2H3,(H2,16,17,18,19,20). The number of aryl methyl sites for hydroxylation is 1. The summed E-state index contributed by atoms with van der Waals surface area (Å²) in [6.07, 6.45) is 1.20. The number of pyridine rings is 1. The number of rotatable bonds is 3. The topological polar surface area (TPSA) is 79.9 Å². The van der Waals surface area contributed by atoms with E-state index in [0.717, 1.165) is 9.79 Å². The maximum Gasteiger partial charge on any atom is 0.413 e. The van der Waals surface area contributed by atoms with E-state index in [2.05, 4.69) is 50.1 Å². The number of benzene rings is 1. The van der Waals surface area contributed by atoms with Gasteiger partial charge in [0.1, 0.15) is 5.52 Å². The van der Waals surface area contributed by atoms with Gasteiger partial charge in [0.25, 0.3) is 0 Å². The highest BCUT2D eigenvalue weighted by Crippen LogP contribution is 2.29. The maximum atomic E-state index is 11.2. The Balaban J connectivity index is 1.84. The van der Waals surface area contributed by atoms with Gasteiger partial charge in [0.2, 0.25) is 5.95 Å². The lowest BCUT2D eigenvalue weighted by atomic mass is 10.2. The van der Waals surface area contributed by atoms with Crippen molar-refractivity contribution in [3.63, 3.8) is 0 Å². The predicted octanol–water partition coefficient (Wildman–Crippen LogP) is 3.60. The van der Waals surface area contributed by atoms with Crippen molar-refractivity contribution in [3.05, 3.63) is 42.1 Å². The minimum atomic E-state index is -0.576. The van der Waals surface area contributed by atoms with Crippen LogP contribution in [0.1, 0.15) is 5.56 Å². The number of carbonyl (C=O) groups is 1. The molecule has 2 N–H and O–H groups in total. The molecule has 112 valence electrons. The summed E-state index contributed by atoms with van der Waals surface area (Å²) in [5.41, 5.74) is 2.51. The lowest BCUT2D eigenvalue weighted by Gasteiger charge is -2.02. The van der Waals surface area contributed by atoms with Crippen LogP contribution in [0, 0.1) is 6.92 Å². The minimum absolute atomic E-state index is 0.312. The van der Waals surface area contributed by atoms with Gasteiger partial charge in [-0.05, 0) is 25.1 Å². The molecule has 3 rings (SSSR count). The third-order valence-corrected chi connectivity index (χ3v) is 3.89. The fourth-order valence-corrected chi connectivity index (χ4v) is 2.89. The monoisotopic (exact) mass is 314 g/mol. The third kappa shape index (κ3) is 3.20. The number of ether oxygens (including phenoxy) is 1. The molecule has 0 saturated heterocycles. The average Bonchev–Trinajstić information content (AvgIpc) is 2.88. The van der Waals surface area contributed by atoms with Crippen molar-refractivity contribution < 1.29 is 9.53 Å². The molecule has 2 heterocycles. The first-order chi connectivity index (χ1) is 10.6. The molecular formula is C15H14N4O2S. The molecule has 0 saturated carbocycles. The van der Waals surface area contributed by atoms with Crippen molar-refractivity contribution in [2.75, 3.05) is 12.4 Å². The van der Waals surface area contributed by atoms with Crippen LogP contribution in [0.15, 0.2) is 46.3 Å². The van der Waals surface area contributed by atoms with E-state index < -0.39 is 6.09 Å². The van der Waals surface area contributed by atoms with Crippen molar-refractivity contribution >= 4 is 35.0 Å². The molecule has 1 amide bonds. The number of nitrogens with one attached hydrogen (secondary N) is 2. The summed E-state index contributed by atoms with van der Waals surface area (Å²) in [6.45, 7) is 2.06. The normalized spacial score (nSPS) is 10.6. The second-order valence-electron chi connectivity index (χ2n) is 4.66. The summed E-state index contributed by atoms with van der Waals surface area (Å²) in [7, 11) is 1.30. The zero-order valence-corrected chi connectivity index (χ0v) is 12.9. The number of hydrogen-bond donors (Lipinski definition) is 2. The van der Waals surface area contributed by atoms with Gasteiger partial charge in [0, 0.05) is 16.0 Å². The molecule has 3 aromatic rings. The molecule has 22 heavy (non-hydrogen) atoms. The number of imidazole rings is 1. The second kappa shape index (κ2) is 6.07. The van der Waals surface area contributed by atoms with E-state index in [4.69, 9.17) is 0 Å². The fourth-order valence-electron chi connectivity index (χ4n) is 1.95. The summed E-state index contributed by atoms with van der Waals surface area (Å²) in [5.74, 6) is 0.312. The van der Waals surface area contributed by atoms with Gasteiger partial charge < -0.3 is 9.72 Å². The Hall–Kier alpha value is -2.54. The molecule has 7 heteroatoms. The summed E-state index contributed by atoms with van der Waals surface area (Å²) in [4.78, 5) is 24.8. The molecule has 0 atom stereocenters. The smallest absolute Gasteiger partial charge is 0.413 e. The Morgan fingerprint density at radius 3 is 2.95 bits per heavy atom. The van der Waals surface area contributed by atoms with Crippen LogP contribution in [0.4, 0.5) is 10.7 Å². The van der Waals surface area contributed by atoms with Crippen LogP contribution in [0.2, 0.25) is 0 Å². The van der Waals surface area contributed by atoms with E-state index in [1.165, 1.54) is 12.7 Å². The molecule has 0 fully saturated rings. The van der Waals surface area contributed by atoms with Crippen LogP contribution in [-0.2, 0) is 4.74 Å². The number of carbonyl (C=O) groups excluding carboxylic acids is 1. The van der Waals surface area contributed by atoms with Gasteiger partial charge in [-0.15, -0.1) is 0 Å². The van der Waals surface area contributed by atoms with E-state index in [9.17, 15) is 4.79 Å². The molecule has 0 spiro atoms. The highest BCUT2D eigenvalue weighted by atomic mass is 32.2. The molecule has 0 aliphatic heterocycles. The second-order valence-corrected chi connectivity index (χ2v) is 5.81. The molecule has 0 unspecified atom stereocenters. The SMILES string of the molecule is COC(=O)Nc1nc2cc(Sc3cccc(C)c3)cnc2[nH]1. The molecular weight excluding hydrogens is 300 g/mol. The molecule has 2 aromatic heterocycles. The van der Waals surface area contributed by atoms with Crippen molar-refractivity contribution in [2.24, 2.45) is 0 Å². The first-order valence-corrected chi connectivity index (χ1v) is 7.41. The van der Waals surface area contributed by atoms with Crippen LogP contribution in [-0.4, -0.2) is 28.2 Å². The Morgan fingerprint density at radius 2 is 2.18 bits per heavy atom. The van der Waals surface area contributed by atoms with Crippen molar-refractivity contribution in [3.8, 4) is 0 Å². The van der Waals surface area contributed by atoms with E-state index in [1.807, 2.05) is 12.1 Å². The highest BCUT2D eigenvalue weighted by Gasteiger charge is 2.08. The summed E-state index contributed by atoms with van der Waals surface area (Å²) < 4.78 is 4.53. The number of fused-ring (bicyclic) bond motifs is 1. The van der Waals surface area contributed by atoms with Gasteiger partial charge in [-0.1, -0.05) is 29.5 Å². The first kappa shape index (κ1) is 14.4. The number of anilines is 1. The maximum absolute atomic E-state index is 11.2. The van der Waals surface area contributed by atoms with Crippen molar-refractivity contribution in [2.45, 2.75) is 16.7 Å². The summed E-state index contributed by atoms with van der Waals surface area (Å²) >= 11 is 1.62. The number of aromatic nitrogens is 3. The Labute approximate surface area is 131 Å². The van der Waals surface area contributed by atoms with Crippen molar-refractivity contribution in [1.29, 1.82) is 0 Å². The Kier molecular flexibility index (Phi) is 3.97. The number of aromatic amines is 1. The molecule has 0 bridgehead atoms. The lowest BCUT2D eigenvalue weighted by molar-refractivity contribution is 0.186. The van der Waals surface area contributed by atoms with E-state index in [1.54, 1.807) is 18.0 Å². The quantitative estimate of drug-likeness (QED) is 0.772. The van der Waals surface area contributed by atoms with Gasteiger partial charge in [-0.3, -0.25) is 5.32 Å². The highest BCUT2D eigenvalue weighted by molar-refractivity contribution is 7.99. The molecule has 1 aromatic carbocycles. The van der Waals surface area contributed by atoms with E-state index >= 15 is 0 Å². The van der Waals surface area contributed by atoms with Crippen molar-refractivity contribution in [1.82, 2.24) is 15.0 Å². The van der Waals surface area contributed by atoms with Crippen LogP contribution in [0.25, 0.3) is 11.2 Å². The van der Waals surface area contributed by atoms with Crippen LogP contribution in [0.5, 0.6) is 0 Å². The lowest BCUT2D eigenvalue weighted by Crippen LogP contribution is -2.11. The van der Waals surface area contributed by atoms with Gasteiger partial charge in [0.05, 0.1) is 7.11 Å². The zero-order chi connectivity index (χ0) is 15.5. The number of amides is 1. The number of methoxy groups -OCH3 is 1. The molecule has 0 aliphatic rings. The Morgan fingerprint density at radius 1 is 1.32 bits per heavy atom. The summed E-state index contributed by atoms with van der Waals surface area (Å²) in [6, 6.07) is 10.2. The first-order valence-electron chi connectivity index (χ1n) is 6.59. The third-order valence-electron chi connectivity index (χ3n) is 2.94. The Bertz CT molecular complexity index is 831. The number of H-pyrrole nitrogens is 1. The summed E-state index contributed by atoms with van der Waals surface area (Å²) in [5, 5.41) is 2.48. The van der Waals surface area contributed by atoms with Crippen LogP contribution < -0.4 is 5.32 Å². The van der Waals surface area contributed by atoms with Crippen LogP contribution >= 0.6 is 11.8 Å². The molecule has 0 radical (unpaired) electrons. The fraction of sp³-hybridized carbons (Fsp3) is 0.133. The number of hydrogen-bond acceptors (Lipinski definition) is 5. The van der Waals surface area contributed by atoms with E-state index in [-0.39, 0.29) is 0 Å². The van der Waals surface area contributed by atoms with E-state index in [0.29, 0.717) is 17.1 Å². The van der Waals surface area contributed by atoms with Gasteiger partial charge in [-0.2, -0.15) is 0 Å². The number of nitrogens with zero attached hydrogens (tertiary/aromatic N) is 2. The van der Waals surface area contributed by atoms with Gasteiger partial charge in [0.15, 0.2) is 5.65 Å². The zero-order valence-electron chi connectivity index (χ0n) is 12.1. The average molecular weight is 314 g/mol. The molecule has 6 nitrogen and oxygen atoms in total. The predicted molar refractivity (Wildman–Crippen MR) is 85.2 cm³/mol. The largest absolute Gasteiger partial charge is 0.453 e. The van der Waals surface area contributed by atoms with Gasteiger partial charge >= 0.3 is 6.09 Å². The molecule has 0 aliphatic carbocycles. The van der Waals surface area contributed by atoms with Gasteiger partial charge in [-0.25, -0.2) is 14.8 Å². The van der Waals surface area contributed by atoms with Crippen LogP contribution in [0.3, 0.4) is 0 Å². The minimum Gasteiger partial charge on any atom is -0.453 e.